The molecular weight excluding hydrogens is 316 g/mol. The van der Waals surface area contributed by atoms with E-state index in [1.165, 1.54) is 14.0 Å². The number of anilines is 1. The first-order valence-electron chi connectivity index (χ1n) is 7.63. The molecule has 25 heavy (non-hydrogen) atoms. The predicted octanol–water partition coefficient (Wildman–Crippen LogP) is 3.58. The number of H-pyrrole nitrogens is 1. The average Bonchev–Trinajstić information content (AvgIpc) is 3.15. The number of aromatic amines is 1. The van der Waals surface area contributed by atoms with Crippen molar-refractivity contribution in [1.29, 1.82) is 5.26 Å². The summed E-state index contributed by atoms with van der Waals surface area (Å²) in [5.41, 5.74) is 4.15. The Bertz CT molecular complexity index is 939. The van der Waals surface area contributed by atoms with Crippen molar-refractivity contribution in [2.24, 2.45) is 0 Å². The highest BCUT2D eigenvalue weighted by Gasteiger charge is 2.16. The summed E-state index contributed by atoms with van der Waals surface area (Å²) in [6, 6.07) is 15.1. The molecule has 0 atom stereocenters. The Hall–Kier alpha value is -3.59. The van der Waals surface area contributed by atoms with E-state index in [1.807, 2.05) is 30.3 Å². The van der Waals surface area contributed by atoms with Crippen LogP contribution < -0.4 is 10.1 Å². The minimum Gasteiger partial charge on any atom is -0.480 e. The molecule has 2 heterocycles. The first-order chi connectivity index (χ1) is 12.1. The van der Waals surface area contributed by atoms with Gasteiger partial charge in [0.15, 0.2) is 0 Å². The number of hydrogen-bond donors (Lipinski definition) is 2. The van der Waals surface area contributed by atoms with Gasteiger partial charge in [-0.1, -0.05) is 12.1 Å². The number of carbonyl (C=O) groups excluding carboxylic acids is 1. The largest absolute Gasteiger partial charge is 0.480 e. The summed E-state index contributed by atoms with van der Waals surface area (Å²) in [5, 5.41) is 12.2. The van der Waals surface area contributed by atoms with E-state index in [1.54, 1.807) is 18.3 Å². The van der Waals surface area contributed by atoms with Crippen molar-refractivity contribution >= 4 is 11.6 Å². The number of hydrogen-bond acceptors (Lipinski definition) is 4. The van der Waals surface area contributed by atoms with Gasteiger partial charge in [-0.05, 0) is 30.3 Å². The molecule has 0 fully saturated rings. The molecule has 0 aliphatic rings. The maximum atomic E-state index is 11.1. The number of rotatable bonds is 4. The molecule has 6 nitrogen and oxygen atoms in total. The molecular formula is C19H16N4O2. The van der Waals surface area contributed by atoms with Crippen LogP contribution in [0.25, 0.3) is 22.5 Å². The summed E-state index contributed by atoms with van der Waals surface area (Å²) in [6.45, 7) is 1.46. The maximum absolute atomic E-state index is 11.1. The van der Waals surface area contributed by atoms with Gasteiger partial charge in [0.1, 0.15) is 11.6 Å². The van der Waals surface area contributed by atoms with E-state index in [0.717, 1.165) is 16.8 Å². The SMILES string of the molecule is COc1nc(-c2ccc(NC(C)=O)cc2)cc(-c2ccc[nH]2)c1C#N. The molecule has 0 aliphatic carbocycles. The zero-order valence-electron chi connectivity index (χ0n) is 13.8. The third-order valence-corrected chi connectivity index (χ3v) is 3.68. The highest BCUT2D eigenvalue weighted by atomic mass is 16.5. The number of nitrogens with one attached hydrogen (secondary N) is 2. The molecule has 1 aromatic carbocycles. The number of nitrogens with zero attached hydrogens (tertiary/aromatic N) is 2. The molecule has 0 radical (unpaired) electrons. The predicted molar refractivity (Wildman–Crippen MR) is 95.0 cm³/mol. The van der Waals surface area contributed by atoms with Crippen LogP contribution in [0.4, 0.5) is 5.69 Å². The van der Waals surface area contributed by atoms with Crippen molar-refractivity contribution < 1.29 is 9.53 Å². The minimum absolute atomic E-state index is 0.125. The number of methoxy groups -OCH3 is 1. The van der Waals surface area contributed by atoms with Gasteiger partial charge in [-0.2, -0.15) is 5.26 Å². The molecule has 2 aromatic heterocycles. The van der Waals surface area contributed by atoms with Gasteiger partial charge in [0.2, 0.25) is 11.8 Å². The van der Waals surface area contributed by atoms with Gasteiger partial charge in [0, 0.05) is 35.6 Å². The second-order valence-electron chi connectivity index (χ2n) is 5.39. The van der Waals surface area contributed by atoms with Gasteiger partial charge in [-0.15, -0.1) is 0 Å². The molecule has 1 amide bonds. The fourth-order valence-corrected chi connectivity index (χ4v) is 2.56. The lowest BCUT2D eigenvalue weighted by Gasteiger charge is -2.11. The second kappa shape index (κ2) is 6.89. The van der Waals surface area contributed by atoms with Gasteiger partial charge < -0.3 is 15.0 Å². The van der Waals surface area contributed by atoms with Crippen molar-refractivity contribution in [3.8, 4) is 34.5 Å². The third kappa shape index (κ3) is 3.35. The van der Waals surface area contributed by atoms with E-state index in [-0.39, 0.29) is 11.8 Å². The summed E-state index contributed by atoms with van der Waals surface area (Å²) in [6.07, 6.45) is 1.80. The second-order valence-corrected chi connectivity index (χ2v) is 5.39. The number of carbonyl (C=O) groups is 1. The zero-order chi connectivity index (χ0) is 17.8. The molecule has 3 aromatic rings. The van der Waals surface area contributed by atoms with E-state index < -0.39 is 0 Å². The van der Waals surface area contributed by atoms with Crippen LogP contribution in [0.1, 0.15) is 12.5 Å². The van der Waals surface area contributed by atoms with Crippen LogP contribution in [0.15, 0.2) is 48.7 Å². The van der Waals surface area contributed by atoms with Crippen molar-refractivity contribution in [2.75, 3.05) is 12.4 Å². The normalized spacial score (nSPS) is 10.1. The number of amides is 1. The van der Waals surface area contributed by atoms with E-state index in [4.69, 9.17) is 4.74 Å². The highest BCUT2D eigenvalue weighted by Crippen LogP contribution is 2.32. The molecule has 3 rings (SSSR count). The van der Waals surface area contributed by atoms with Crippen LogP contribution in [0, 0.1) is 11.3 Å². The lowest BCUT2D eigenvalue weighted by Crippen LogP contribution is -2.05. The van der Waals surface area contributed by atoms with Gasteiger partial charge in [-0.25, -0.2) is 4.98 Å². The molecule has 0 bridgehead atoms. The molecule has 124 valence electrons. The average molecular weight is 332 g/mol. The van der Waals surface area contributed by atoms with Gasteiger partial charge in [-0.3, -0.25) is 4.79 Å². The topological polar surface area (TPSA) is 90.8 Å². The van der Waals surface area contributed by atoms with E-state index in [9.17, 15) is 10.1 Å². The Morgan fingerprint density at radius 2 is 2.04 bits per heavy atom. The molecule has 2 N–H and O–H groups in total. The quantitative estimate of drug-likeness (QED) is 0.764. The van der Waals surface area contributed by atoms with Gasteiger partial charge in [0.05, 0.1) is 12.8 Å². The Morgan fingerprint density at radius 1 is 1.28 bits per heavy atom. The van der Waals surface area contributed by atoms with Crippen molar-refractivity contribution in [1.82, 2.24) is 9.97 Å². The summed E-state index contributed by atoms with van der Waals surface area (Å²) in [4.78, 5) is 18.7. The molecule has 0 aliphatic heterocycles. The number of nitriles is 1. The highest BCUT2D eigenvalue weighted by molar-refractivity contribution is 5.89. The standard InChI is InChI=1S/C19H16N4O2/c1-12(24)22-14-7-5-13(6-8-14)18-10-15(17-4-3-9-21-17)16(11-20)19(23-18)25-2/h3-10,21H,1-2H3,(H,22,24). The molecule has 6 heteroatoms. The van der Waals surface area contributed by atoms with E-state index in [2.05, 4.69) is 21.4 Å². The number of aromatic nitrogens is 2. The molecule has 0 spiro atoms. The zero-order valence-corrected chi connectivity index (χ0v) is 13.8. The monoisotopic (exact) mass is 332 g/mol. The van der Waals surface area contributed by atoms with Crippen LogP contribution in [-0.2, 0) is 4.79 Å². The van der Waals surface area contributed by atoms with Crippen molar-refractivity contribution in [3.05, 3.63) is 54.2 Å². The minimum atomic E-state index is -0.125. The number of benzene rings is 1. The maximum Gasteiger partial charge on any atom is 0.232 e. The fourth-order valence-electron chi connectivity index (χ4n) is 2.56. The summed E-state index contributed by atoms with van der Waals surface area (Å²) >= 11 is 0. The Balaban J connectivity index is 2.09. The number of ether oxygens (including phenoxy) is 1. The Kier molecular flexibility index (Phi) is 4.48. The van der Waals surface area contributed by atoms with Crippen LogP contribution in [0.5, 0.6) is 5.88 Å². The fraction of sp³-hybridized carbons (Fsp3) is 0.105. The van der Waals surface area contributed by atoms with Gasteiger partial charge in [0.25, 0.3) is 0 Å². The van der Waals surface area contributed by atoms with Crippen LogP contribution in [0.2, 0.25) is 0 Å². The van der Waals surface area contributed by atoms with Crippen LogP contribution in [0.3, 0.4) is 0 Å². The summed E-state index contributed by atoms with van der Waals surface area (Å²) < 4.78 is 5.31. The van der Waals surface area contributed by atoms with Crippen molar-refractivity contribution in [3.63, 3.8) is 0 Å². The summed E-state index contributed by atoms with van der Waals surface area (Å²) in [5.74, 6) is 0.149. The molecule has 0 unspecified atom stereocenters. The lowest BCUT2D eigenvalue weighted by atomic mass is 10.0. The van der Waals surface area contributed by atoms with E-state index >= 15 is 0 Å². The Labute approximate surface area is 145 Å². The number of pyridine rings is 1. The lowest BCUT2D eigenvalue weighted by molar-refractivity contribution is -0.114. The van der Waals surface area contributed by atoms with Crippen molar-refractivity contribution in [2.45, 2.75) is 6.92 Å². The van der Waals surface area contributed by atoms with Crippen LogP contribution in [-0.4, -0.2) is 23.0 Å². The first-order valence-corrected chi connectivity index (χ1v) is 7.63. The summed E-state index contributed by atoms with van der Waals surface area (Å²) in [7, 11) is 1.49. The molecule has 0 saturated carbocycles. The van der Waals surface area contributed by atoms with Crippen LogP contribution >= 0.6 is 0 Å². The first kappa shape index (κ1) is 16.3. The van der Waals surface area contributed by atoms with Gasteiger partial charge >= 0.3 is 0 Å². The third-order valence-electron chi connectivity index (χ3n) is 3.68. The molecule has 0 saturated heterocycles. The van der Waals surface area contributed by atoms with E-state index in [0.29, 0.717) is 16.9 Å². The smallest absolute Gasteiger partial charge is 0.232 e. The Morgan fingerprint density at radius 3 is 2.60 bits per heavy atom.